The number of fused-ring (bicyclic) bond motifs is 1. The first-order valence-corrected chi connectivity index (χ1v) is 7.09. The second-order valence-corrected chi connectivity index (χ2v) is 5.10. The number of Topliss-reactive ketones (excluding diaryl/α,β-unsaturated/α-hetero) is 1. The third kappa shape index (κ3) is 3.88. The van der Waals surface area contributed by atoms with Crippen molar-refractivity contribution in [3.63, 3.8) is 0 Å². The van der Waals surface area contributed by atoms with Crippen molar-refractivity contribution in [2.45, 2.75) is 6.92 Å². The molecule has 1 aromatic rings. The summed E-state index contributed by atoms with van der Waals surface area (Å²) in [5.41, 5.74) is 0.579. The lowest BCUT2D eigenvalue weighted by Crippen LogP contribution is -2.26. The number of nitrogens with zero attached hydrogens (tertiary/aromatic N) is 1. The van der Waals surface area contributed by atoms with Crippen LogP contribution in [0.15, 0.2) is 30.0 Å². The number of hydrogen-bond acceptors (Lipinski definition) is 6. The molecule has 0 spiro atoms. The van der Waals surface area contributed by atoms with Crippen molar-refractivity contribution in [3.8, 4) is 5.75 Å². The number of esters is 1. The third-order valence-corrected chi connectivity index (χ3v) is 3.00. The van der Waals surface area contributed by atoms with Crippen molar-refractivity contribution in [1.29, 1.82) is 0 Å². The Bertz CT molecular complexity index is 679. The van der Waals surface area contributed by atoms with Crippen molar-refractivity contribution < 1.29 is 23.9 Å². The van der Waals surface area contributed by atoms with Gasteiger partial charge in [0.2, 0.25) is 5.78 Å². The van der Waals surface area contributed by atoms with E-state index in [-0.39, 0.29) is 30.3 Å². The van der Waals surface area contributed by atoms with Crippen LogP contribution >= 0.6 is 0 Å². The maximum Gasteiger partial charge on any atom is 0.343 e. The van der Waals surface area contributed by atoms with E-state index in [1.165, 1.54) is 12.3 Å². The molecule has 1 aliphatic rings. The van der Waals surface area contributed by atoms with E-state index >= 15 is 0 Å². The summed E-state index contributed by atoms with van der Waals surface area (Å²) >= 11 is 0. The molecular formula is C16H18N2O5. The quantitative estimate of drug-likeness (QED) is 0.289. The second-order valence-electron chi connectivity index (χ2n) is 5.10. The highest BCUT2D eigenvalue weighted by Gasteiger charge is 2.24. The Labute approximate surface area is 133 Å². The molecule has 0 saturated carbocycles. The topological polar surface area (TPSA) is 84.9 Å². The normalized spacial score (nSPS) is 13.5. The van der Waals surface area contributed by atoms with Gasteiger partial charge in [-0.3, -0.25) is 9.59 Å². The van der Waals surface area contributed by atoms with E-state index in [0.717, 1.165) is 0 Å². The molecule has 1 aliphatic heterocycles. The number of ketones is 1. The highest BCUT2D eigenvalue weighted by Crippen LogP contribution is 2.29. The highest BCUT2D eigenvalue weighted by molar-refractivity contribution is 6.24. The number of amides is 1. The summed E-state index contributed by atoms with van der Waals surface area (Å²) in [6, 6.07) is 4.61. The number of carbonyl (C=O) groups excluding carboxylic acids is 3. The molecule has 0 aromatic heterocycles. The maximum atomic E-state index is 12.6. The molecule has 1 N–H and O–H groups in total. The van der Waals surface area contributed by atoms with Crippen molar-refractivity contribution in [3.05, 3.63) is 35.5 Å². The summed E-state index contributed by atoms with van der Waals surface area (Å²) in [4.78, 5) is 37.6. The van der Waals surface area contributed by atoms with Crippen molar-refractivity contribution in [2.24, 2.45) is 0 Å². The number of nitrogens with one attached hydrogen (secondary N) is 1. The average Bonchev–Trinajstić information content (AvgIpc) is 2.51. The average molecular weight is 318 g/mol. The zero-order valence-corrected chi connectivity index (χ0v) is 13.2. The molecule has 0 atom stereocenters. The highest BCUT2D eigenvalue weighted by atomic mass is 16.5. The van der Waals surface area contributed by atoms with Gasteiger partial charge < -0.3 is 19.7 Å². The van der Waals surface area contributed by atoms with Crippen molar-refractivity contribution >= 4 is 23.3 Å². The van der Waals surface area contributed by atoms with E-state index in [4.69, 9.17) is 9.47 Å². The van der Waals surface area contributed by atoms with Crippen LogP contribution < -0.4 is 10.1 Å². The Kier molecular flexibility index (Phi) is 5.00. The summed E-state index contributed by atoms with van der Waals surface area (Å²) in [5, 5.41) is 2.63. The summed E-state index contributed by atoms with van der Waals surface area (Å²) in [5.74, 6) is -0.990. The van der Waals surface area contributed by atoms with Crippen LogP contribution in [0.3, 0.4) is 0 Å². The Morgan fingerprint density at radius 1 is 1.39 bits per heavy atom. The number of rotatable bonds is 5. The number of carbonyl (C=O) groups is 3. The molecule has 0 aliphatic carbocycles. The zero-order chi connectivity index (χ0) is 17.0. The van der Waals surface area contributed by atoms with E-state index in [1.54, 1.807) is 38.1 Å². The first-order valence-electron chi connectivity index (χ1n) is 7.09. The van der Waals surface area contributed by atoms with E-state index in [0.29, 0.717) is 11.4 Å². The van der Waals surface area contributed by atoms with Crippen LogP contribution in [-0.2, 0) is 14.3 Å². The molecule has 0 radical (unpaired) electrons. The summed E-state index contributed by atoms with van der Waals surface area (Å²) < 4.78 is 10.2. The van der Waals surface area contributed by atoms with Gasteiger partial charge in [0.15, 0.2) is 6.61 Å². The predicted molar refractivity (Wildman–Crippen MR) is 83.3 cm³/mol. The summed E-state index contributed by atoms with van der Waals surface area (Å²) in [7, 11) is 3.40. The lowest BCUT2D eigenvalue weighted by molar-refractivity contribution is -0.138. The molecule has 122 valence electrons. The first-order chi connectivity index (χ1) is 10.9. The molecular weight excluding hydrogens is 300 g/mol. The number of benzene rings is 1. The molecule has 2 rings (SSSR count). The fraction of sp³-hybridized carbons (Fsp3) is 0.312. The minimum absolute atomic E-state index is 0.0606. The lowest BCUT2D eigenvalue weighted by Gasteiger charge is -2.18. The Hall–Kier alpha value is -2.83. The van der Waals surface area contributed by atoms with Crippen molar-refractivity contribution in [1.82, 2.24) is 4.90 Å². The van der Waals surface area contributed by atoms with E-state index in [9.17, 15) is 14.4 Å². The van der Waals surface area contributed by atoms with Gasteiger partial charge in [-0.2, -0.15) is 0 Å². The van der Waals surface area contributed by atoms with E-state index < -0.39 is 11.8 Å². The van der Waals surface area contributed by atoms with E-state index in [1.807, 2.05) is 0 Å². The molecule has 1 amide bonds. The summed E-state index contributed by atoms with van der Waals surface area (Å²) in [6.45, 7) is 1.78. The molecule has 1 aromatic carbocycles. The van der Waals surface area contributed by atoms with Crippen LogP contribution in [0.5, 0.6) is 5.75 Å². The molecule has 0 unspecified atom stereocenters. The third-order valence-electron chi connectivity index (χ3n) is 3.00. The van der Waals surface area contributed by atoms with Gasteiger partial charge in [0.1, 0.15) is 11.3 Å². The fourth-order valence-corrected chi connectivity index (χ4v) is 2.05. The SMILES string of the molecule is CCOC(=O)C(=CN(C)C)C(=O)c1ccc2c(c1)NC(=O)CO2. The Balaban J connectivity index is 2.35. The van der Waals surface area contributed by atoms with Gasteiger partial charge in [-0.25, -0.2) is 4.79 Å². The van der Waals surface area contributed by atoms with Crippen LogP contribution in [0.2, 0.25) is 0 Å². The molecule has 7 nitrogen and oxygen atoms in total. The Morgan fingerprint density at radius 2 is 2.13 bits per heavy atom. The summed E-state index contributed by atoms with van der Waals surface area (Å²) in [6.07, 6.45) is 1.41. The molecule has 0 bridgehead atoms. The zero-order valence-electron chi connectivity index (χ0n) is 13.2. The van der Waals surface area contributed by atoms with Gasteiger partial charge in [-0.1, -0.05) is 0 Å². The predicted octanol–water partition coefficient (Wildman–Crippen LogP) is 1.21. The van der Waals surface area contributed by atoms with E-state index in [2.05, 4.69) is 5.32 Å². The second kappa shape index (κ2) is 6.95. The number of anilines is 1. The van der Waals surface area contributed by atoms with Gasteiger partial charge in [0.25, 0.3) is 5.91 Å². The maximum absolute atomic E-state index is 12.6. The van der Waals surface area contributed by atoms with Gasteiger partial charge in [0, 0.05) is 25.9 Å². The standard InChI is InChI=1S/C16H18N2O5/c1-4-22-16(21)11(8-18(2)3)15(20)10-5-6-13-12(7-10)17-14(19)9-23-13/h5-8H,4,9H2,1-3H3,(H,17,19). The van der Waals surface area contributed by atoms with Gasteiger partial charge >= 0.3 is 5.97 Å². The minimum Gasteiger partial charge on any atom is -0.482 e. The smallest absolute Gasteiger partial charge is 0.343 e. The molecule has 1 heterocycles. The molecule has 0 saturated heterocycles. The van der Waals surface area contributed by atoms with Gasteiger partial charge in [0.05, 0.1) is 12.3 Å². The fourth-order valence-electron chi connectivity index (χ4n) is 2.05. The van der Waals surface area contributed by atoms with Gasteiger partial charge in [-0.15, -0.1) is 0 Å². The molecule has 23 heavy (non-hydrogen) atoms. The minimum atomic E-state index is -0.691. The van der Waals surface area contributed by atoms with Crippen LogP contribution in [-0.4, -0.2) is 49.9 Å². The van der Waals surface area contributed by atoms with Crippen molar-refractivity contribution in [2.75, 3.05) is 32.6 Å². The monoisotopic (exact) mass is 318 g/mol. The lowest BCUT2D eigenvalue weighted by atomic mass is 10.0. The van der Waals surface area contributed by atoms with Gasteiger partial charge in [-0.05, 0) is 25.1 Å². The van der Waals surface area contributed by atoms with Crippen LogP contribution in [0.1, 0.15) is 17.3 Å². The largest absolute Gasteiger partial charge is 0.482 e. The Morgan fingerprint density at radius 3 is 2.78 bits per heavy atom. The molecule has 0 fully saturated rings. The first kappa shape index (κ1) is 16.5. The molecule has 7 heteroatoms. The number of ether oxygens (including phenoxy) is 2. The van der Waals surface area contributed by atoms with Crippen LogP contribution in [0.4, 0.5) is 5.69 Å². The van der Waals surface area contributed by atoms with Crippen LogP contribution in [0, 0.1) is 0 Å². The van der Waals surface area contributed by atoms with Crippen LogP contribution in [0.25, 0.3) is 0 Å². The number of hydrogen-bond donors (Lipinski definition) is 1.